The molecule has 0 spiro atoms. The van der Waals surface area contributed by atoms with Crippen LogP contribution in [0.15, 0.2) is 30.5 Å². The molecule has 2 aromatic rings. The Morgan fingerprint density at radius 3 is 2.88 bits per heavy atom. The molecule has 1 unspecified atom stereocenters. The van der Waals surface area contributed by atoms with Crippen molar-refractivity contribution in [2.24, 2.45) is 0 Å². The van der Waals surface area contributed by atoms with Crippen LogP contribution in [0.1, 0.15) is 0 Å². The number of aliphatic hydroxyl groups excluding tert-OH is 2. The number of anilines is 1. The van der Waals surface area contributed by atoms with Gasteiger partial charge in [-0.05, 0) is 23.6 Å². The molecule has 0 saturated carbocycles. The molecule has 0 fully saturated rings. The Balaban J connectivity index is 2.17. The molecule has 1 aromatic carbocycles. The van der Waals surface area contributed by atoms with Crippen LogP contribution in [0, 0.1) is 0 Å². The van der Waals surface area contributed by atoms with Crippen molar-refractivity contribution in [3.8, 4) is 0 Å². The smallest absolute Gasteiger partial charge is 0.129 e. The summed E-state index contributed by atoms with van der Waals surface area (Å²) >= 11 is 5.79. The maximum Gasteiger partial charge on any atom is 0.129 e. The maximum absolute atomic E-state index is 9.23. The average molecular weight is 253 g/mol. The minimum atomic E-state index is -0.756. The minimum Gasteiger partial charge on any atom is -0.394 e. The van der Waals surface area contributed by atoms with Crippen LogP contribution in [-0.2, 0) is 0 Å². The standard InChI is InChI=1S/C12H13ClN2O2/c13-12-4-8-1-2-10(3-9(8)5-15-12)14-6-11(17)7-16/h1-5,11,14,16-17H,6-7H2. The number of hydrogen-bond acceptors (Lipinski definition) is 4. The van der Waals surface area contributed by atoms with Crippen LogP contribution >= 0.6 is 11.6 Å². The number of halogens is 1. The van der Waals surface area contributed by atoms with Crippen molar-refractivity contribution in [1.82, 2.24) is 4.98 Å². The molecule has 5 heteroatoms. The van der Waals surface area contributed by atoms with Crippen molar-refractivity contribution in [2.45, 2.75) is 6.10 Å². The van der Waals surface area contributed by atoms with Gasteiger partial charge in [0.25, 0.3) is 0 Å². The number of nitrogens with zero attached hydrogens (tertiary/aromatic N) is 1. The van der Waals surface area contributed by atoms with Gasteiger partial charge in [-0.1, -0.05) is 17.7 Å². The van der Waals surface area contributed by atoms with Crippen molar-refractivity contribution in [3.05, 3.63) is 35.6 Å². The highest BCUT2D eigenvalue weighted by atomic mass is 35.5. The highest BCUT2D eigenvalue weighted by Gasteiger charge is 2.02. The Labute approximate surface area is 104 Å². The molecule has 1 aromatic heterocycles. The lowest BCUT2D eigenvalue weighted by molar-refractivity contribution is 0.105. The van der Waals surface area contributed by atoms with E-state index in [4.69, 9.17) is 16.7 Å². The summed E-state index contributed by atoms with van der Waals surface area (Å²) in [6, 6.07) is 7.53. The highest BCUT2D eigenvalue weighted by molar-refractivity contribution is 6.30. The molecule has 0 aliphatic carbocycles. The molecule has 90 valence electrons. The van der Waals surface area contributed by atoms with Crippen LogP contribution in [-0.4, -0.2) is 34.5 Å². The van der Waals surface area contributed by atoms with E-state index in [1.54, 1.807) is 12.3 Å². The van der Waals surface area contributed by atoms with Gasteiger partial charge < -0.3 is 15.5 Å². The summed E-state index contributed by atoms with van der Waals surface area (Å²) < 4.78 is 0. The van der Waals surface area contributed by atoms with E-state index >= 15 is 0 Å². The number of aliphatic hydroxyl groups is 2. The van der Waals surface area contributed by atoms with Gasteiger partial charge in [0.15, 0.2) is 0 Å². The molecule has 0 bridgehead atoms. The number of nitrogens with one attached hydrogen (secondary N) is 1. The van der Waals surface area contributed by atoms with Crippen LogP contribution in [0.25, 0.3) is 10.8 Å². The lowest BCUT2D eigenvalue weighted by Gasteiger charge is -2.10. The Bertz CT molecular complexity index is 519. The van der Waals surface area contributed by atoms with Crippen LogP contribution in [0.3, 0.4) is 0 Å². The second-order valence-electron chi connectivity index (χ2n) is 3.79. The van der Waals surface area contributed by atoms with Crippen molar-refractivity contribution >= 4 is 28.1 Å². The number of rotatable bonds is 4. The number of benzene rings is 1. The zero-order chi connectivity index (χ0) is 12.3. The predicted molar refractivity (Wildman–Crippen MR) is 68.3 cm³/mol. The fraction of sp³-hybridized carbons (Fsp3) is 0.250. The molecule has 3 N–H and O–H groups in total. The van der Waals surface area contributed by atoms with E-state index in [1.807, 2.05) is 18.2 Å². The molecule has 1 atom stereocenters. The maximum atomic E-state index is 9.23. The quantitative estimate of drug-likeness (QED) is 0.724. The number of hydrogen-bond donors (Lipinski definition) is 3. The lowest BCUT2D eigenvalue weighted by Crippen LogP contribution is -2.22. The van der Waals surface area contributed by atoms with E-state index in [2.05, 4.69) is 10.3 Å². The van der Waals surface area contributed by atoms with Crippen molar-refractivity contribution in [3.63, 3.8) is 0 Å². The summed E-state index contributed by atoms with van der Waals surface area (Å²) in [4.78, 5) is 4.01. The second kappa shape index (κ2) is 5.31. The van der Waals surface area contributed by atoms with Crippen LogP contribution in [0.4, 0.5) is 5.69 Å². The van der Waals surface area contributed by atoms with Gasteiger partial charge in [-0.15, -0.1) is 0 Å². The summed E-state index contributed by atoms with van der Waals surface area (Å²) in [5.74, 6) is 0. The van der Waals surface area contributed by atoms with Gasteiger partial charge in [-0.25, -0.2) is 4.98 Å². The zero-order valence-corrected chi connectivity index (χ0v) is 9.85. The SMILES string of the molecule is OCC(O)CNc1ccc2cc(Cl)ncc2c1. The topological polar surface area (TPSA) is 65.4 Å². The number of fused-ring (bicyclic) bond motifs is 1. The molecule has 0 aliphatic rings. The summed E-state index contributed by atoms with van der Waals surface area (Å²) in [5.41, 5.74) is 0.870. The Hall–Kier alpha value is -1.36. The Morgan fingerprint density at radius 2 is 2.12 bits per heavy atom. The molecule has 17 heavy (non-hydrogen) atoms. The minimum absolute atomic E-state index is 0.252. The number of aromatic nitrogens is 1. The monoisotopic (exact) mass is 252 g/mol. The van der Waals surface area contributed by atoms with Crippen LogP contribution in [0.5, 0.6) is 0 Å². The Kier molecular flexibility index (Phi) is 3.78. The summed E-state index contributed by atoms with van der Waals surface area (Å²) in [6.07, 6.45) is 0.944. The third-order valence-electron chi connectivity index (χ3n) is 2.44. The van der Waals surface area contributed by atoms with Crippen molar-refractivity contribution in [2.75, 3.05) is 18.5 Å². The zero-order valence-electron chi connectivity index (χ0n) is 9.10. The van der Waals surface area contributed by atoms with Crippen molar-refractivity contribution < 1.29 is 10.2 Å². The molecule has 0 aliphatic heterocycles. The van der Waals surface area contributed by atoms with Gasteiger partial charge in [0.05, 0.1) is 12.7 Å². The summed E-state index contributed by atoms with van der Waals surface area (Å²) in [6.45, 7) is 0.0563. The van der Waals surface area contributed by atoms with Crippen LogP contribution < -0.4 is 5.32 Å². The highest BCUT2D eigenvalue weighted by Crippen LogP contribution is 2.20. The molecule has 4 nitrogen and oxygen atoms in total. The van der Waals surface area contributed by atoms with Gasteiger partial charge in [0, 0.05) is 23.8 Å². The van der Waals surface area contributed by atoms with Gasteiger partial charge in [-0.3, -0.25) is 0 Å². The first-order chi connectivity index (χ1) is 8.19. The average Bonchev–Trinajstić information content (AvgIpc) is 2.35. The molecule has 0 amide bonds. The van der Waals surface area contributed by atoms with Gasteiger partial charge >= 0.3 is 0 Å². The first-order valence-corrected chi connectivity index (χ1v) is 5.65. The molecular formula is C12H13ClN2O2. The lowest BCUT2D eigenvalue weighted by atomic mass is 10.1. The second-order valence-corrected chi connectivity index (χ2v) is 4.17. The molecular weight excluding hydrogens is 240 g/mol. The molecule has 2 rings (SSSR count). The fourth-order valence-corrected chi connectivity index (χ4v) is 1.69. The fourth-order valence-electron chi connectivity index (χ4n) is 1.52. The van der Waals surface area contributed by atoms with E-state index in [1.165, 1.54) is 0 Å². The first-order valence-electron chi connectivity index (χ1n) is 5.27. The summed E-state index contributed by atoms with van der Waals surface area (Å²) in [5, 5.41) is 23.4. The predicted octanol–water partition coefficient (Wildman–Crippen LogP) is 1.65. The van der Waals surface area contributed by atoms with Crippen molar-refractivity contribution in [1.29, 1.82) is 0 Å². The largest absolute Gasteiger partial charge is 0.394 e. The molecule has 1 heterocycles. The Morgan fingerprint density at radius 1 is 1.29 bits per heavy atom. The van der Waals surface area contributed by atoms with Gasteiger partial charge in [-0.2, -0.15) is 0 Å². The van der Waals surface area contributed by atoms with E-state index in [0.29, 0.717) is 11.7 Å². The normalized spacial score (nSPS) is 12.6. The van der Waals surface area contributed by atoms with E-state index in [9.17, 15) is 5.11 Å². The third-order valence-corrected chi connectivity index (χ3v) is 2.65. The first kappa shape index (κ1) is 12.1. The van der Waals surface area contributed by atoms with Gasteiger partial charge in [0.2, 0.25) is 0 Å². The molecule has 0 radical (unpaired) electrons. The molecule has 0 saturated heterocycles. The summed E-state index contributed by atoms with van der Waals surface area (Å²) in [7, 11) is 0. The van der Waals surface area contributed by atoms with E-state index in [0.717, 1.165) is 16.5 Å². The van der Waals surface area contributed by atoms with E-state index < -0.39 is 6.10 Å². The third kappa shape index (κ3) is 3.06. The van der Waals surface area contributed by atoms with E-state index in [-0.39, 0.29) is 6.61 Å². The number of pyridine rings is 1. The van der Waals surface area contributed by atoms with Crippen LogP contribution in [0.2, 0.25) is 5.15 Å². The van der Waals surface area contributed by atoms with Gasteiger partial charge in [0.1, 0.15) is 5.15 Å².